The molecule has 0 aliphatic carbocycles. The van der Waals surface area contributed by atoms with E-state index < -0.39 is 4.92 Å². The number of halogens is 1. The Balaban J connectivity index is 1.91. The molecule has 0 saturated heterocycles. The molecule has 3 rings (SSSR count). The van der Waals surface area contributed by atoms with Gasteiger partial charge >= 0.3 is 0 Å². The highest BCUT2D eigenvalue weighted by atomic mass is 35.5. The number of rotatable bonds is 4. The second-order valence-corrected chi connectivity index (χ2v) is 7.36. The molecule has 0 atom stereocenters. The van der Waals surface area contributed by atoms with Crippen molar-refractivity contribution in [2.24, 2.45) is 0 Å². The van der Waals surface area contributed by atoms with Gasteiger partial charge in [0.15, 0.2) is 4.34 Å². The van der Waals surface area contributed by atoms with Gasteiger partial charge in [0.25, 0.3) is 5.69 Å². The van der Waals surface area contributed by atoms with Crippen LogP contribution in [0.15, 0.2) is 51.7 Å². The summed E-state index contributed by atoms with van der Waals surface area (Å²) < 4.78 is 1.78. The van der Waals surface area contributed by atoms with Crippen LogP contribution in [0.4, 0.5) is 5.69 Å². The molecule has 3 aromatic rings. The van der Waals surface area contributed by atoms with Crippen molar-refractivity contribution in [2.45, 2.75) is 4.34 Å². The van der Waals surface area contributed by atoms with E-state index in [1.165, 1.54) is 35.2 Å². The highest BCUT2D eigenvalue weighted by Gasteiger charge is 2.13. The van der Waals surface area contributed by atoms with E-state index in [4.69, 9.17) is 11.6 Å². The number of thioether (sulfide) groups is 1. The summed E-state index contributed by atoms with van der Waals surface area (Å²) in [6.07, 6.45) is 1.58. The smallest absolute Gasteiger partial charge is 0.258 e. The van der Waals surface area contributed by atoms with Crippen LogP contribution in [0.5, 0.6) is 0 Å². The van der Waals surface area contributed by atoms with Crippen LogP contribution in [0.1, 0.15) is 5.56 Å². The minimum Gasteiger partial charge on any atom is -0.258 e. The number of para-hydroxylation sites is 1. The second kappa shape index (κ2) is 7.01. The molecule has 8 heteroatoms. The van der Waals surface area contributed by atoms with E-state index in [2.05, 4.69) is 11.1 Å². The molecule has 0 radical (unpaired) electrons. The van der Waals surface area contributed by atoms with E-state index in [-0.39, 0.29) is 10.7 Å². The highest BCUT2D eigenvalue weighted by Crippen LogP contribution is 2.35. The molecule has 1 heterocycles. The van der Waals surface area contributed by atoms with Gasteiger partial charge in [0.05, 0.1) is 20.0 Å². The summed E-state index contributed by atoms with van der Waals surface area (Å²) >= 11 is 8.52. The topological polar surface area (TPSA) is 79.8 Å². The van der Waals surface area contributed by atoms with Gasteiger partial charge in [0.1, 0.15) is 11.1 Å². The standard InChI is InChI=1S/C16H8ClN3O2S2/c17-12-6-5-10(8-14(12)20(21)22)7-11(9-18)23-16-19-13-3-1-2-4-15(13)24-16/h1-8H. The maximum absolute atomic E-state index is 10.9. The predicted molar refractivity (Wildman–Crippen MR) is 97.2 cm³/mol. The maximum atomic E-state index is 10.9. The SMILES string of the molecule is N#CC(=Cc1ccc(Cl)c([N+](=O)[O-])c1)Sc1nc2ccccc2s1. The van der Waals surface area contributed by atoms with Crippen LogP contribution in [0.3, 0.4) is 0 Å². The van der Waals surface area contributed by atoms with Gasteiger partial charge in [-0.2, -0.15) is 5.26 Å². The molecule has 0 N–H and O–H groups in total. The van der Waals surface area contributed by atoms with Crippen molar-refractivity contribution in [3.63, 3.8) is 0 Å². The number of hydrogen-bond acceptors (Lipinski definition) is 6. The molecule has 118 valence electrons. The van der Waals surface area contributed by atoms with Crippen LogP contribution in [0, 0.1) is 21.4 Å². The second-order valence-electron chi connectivity index (χ2n) is 4.64. The normalized spacial score (nSPS) is 11.4. The molecule has 0 spiro atoms. The zero-order valence-electron chi connectivity index (χ0n) is 12.0. The van der Waals surface area contributed by atoms with Crippen molar-refractivity contribution in [1.29, 1.82) is 5.26 Å². The zero-order valence-corrected chi connectivity index (χ0v) is 14.4. The lowest BCUT2D eigenvalue weighted by Gasteiger charge is -1.99. The van der Waals surface area contributed by atoms with Crippen molar-refractivity contribution >= 4 is 56.7 Å². The van der Waals surface area contributed by atoms with Crippen molar-refractivity contribution in [3.05, 3.63) is 68.1 Å². The Morgan fingerprint density at radius 2 is 2.17 bits per heavy atom. The summed E-state index contributed by atoms with van der Waals surface area (Å²) in [5, 5.41) is 20.3. The van der Waals surface area contributed by atoms with E-state index in [1.54, 1.807) is 12.1 Å². The molecule has 0 aliphatic heterocycles. The number of nitro benzene ring substituents is 1. The molecular formula is C16H8ClN3O2S2. The van der Waals surface area contributed by atoms with Crippen molar-refractivity contribution in [3.8, 4) is 6.07 Å². The quantitative estimate of drug-likeness (QED) is 0.260. The summed E-state index contributed by atoms with van der Waals surface area (Å²) in [6, 6.07) is 14.2. The van der Waals surface area contributed by atoms with E-state index in [9.17, 15) is 15.4 Å². The third-order valence-electron chi connectivity index (χ3n) is 3.05. The van der Waals surface area contributed by atoms with E-state index in [0.717, 1.165) is 14.6 Å². The number of fused-ring (bicyclic) bond motifs is 1. The first-order valence-electron chi connectivity index (χ1n) is 6.66. The Morgan fingerprint density at radius 3 is 2.88 bits per heavy atom. The first kappa shape index (κ1) is 16.5. The van der Waals surface area contributed by atoms with Gasteiger partial charge in [-0.25, -0.2) is 4.98 Å². The van der Waals surface area contributed by atoms with Crippen LogP contribution in [-0.2, 0) is 0 Å². The molecule has 1 aromatic heterocycles. The van der Waals surface area contributed by atoms with Crippen LogP contribution in [0.2, 0.25) is 5.02 Å². The zero-order chi connectivity index (χ0) is 17.1. The Morgan fingerprint density at radius 1 is 1.38 bits per heavy atom. The third kappa shape index (κ3) is 3.57. The van der Waals surface area contributed by atoms with E-state index in [0.29, 0.717) is 10.5 Å². The fourth-order valence-corrected chi connectivity index (χ4v) is 4.15. The lowest BCUT2D eigenvalue weighted by molar-refractivity contribution is -0.384. The molecule has 5 nitrogen and oxygen atoms in total. The van der Waals surface area contributed by atoms with Crippen LogP contribution >= 0.6 is 34.7 Å². The van der Waals surface area contributed by atoms with Crippen molar-refractivity contribution in [1.82, 2.24) is 4.98 Å². The van der Waals surface area contributed by atoms with Gasteiger partial charge in [-0.1, -0.05) is 29.8 Å². The van der Waals surface area contributed by atoms with Gasteiger partial charge in [0, 0.05) is 6.07 Å². The van der Waals surface area contributed by atoms with Gasteiger partial charge in [-0.3, -0.25) is 10.1 Å². The average Bonchev–Trinajstić information content (AvgIpc) is 2.97. The number of nitriles is 1. The average molecular weight is 374 g/mol. The summed E-state index contributed by atoms with van der Waals surface area (Å²) in [4.78, 5) is 15.2. The van der Waals surface area contributed by atoms with Crippen LogP contribution in [0.25, 0.3) is 16.3 Å². The number of aromatic nitrogens is 1. The number of nitro groups is 1. The summed E-state index contributed by atoms with van der Waals surface area (Å²) in [5.74, 6) is 0. The molecular weight excluding hydrogens is 366 g/mol. The monoisotopic (exact) mass is 373 g/mol. The maximum Gasteiger partial charge on any atom is 0.288 e. The number of hydrogen-bond donors (Lipinski definition) is 0. The fourth-order valence-electron chi connectivity index (χ4n) is 1.98. The van der Waals surface area contributed by atoms with Gasteiger partial charge in [0.2, 0.25) is 0 Å². The third-order valence-corrected chi connectivity index (χ3v) is 5.39. The Bertz CT molecular complexity index is 975. The minimum absolute atomic E-state index is 0.0643. The summed E-state index contributed by atoms with van der Waals surface area (Å²) in [5.41, 5.74) is 1.23. The summed E-state index contributed by atoms with van der Waals surface area (Å²) in [6.45, 7) is 0. The molecule has 24 heavy (non-hydrogen) atoms. The molecule has 0 fully saturated rings. The highest BCUT2D eigenvalue weighted by molar-refractivity contribution is 8.05. The molecule has 2 aromatic carbocycles. The van der Waals surface area contributed by atoms with Gasteiger partial charge in [-0.05, 0) is 41.6 Å². The first-order valence-corrected chi connectivity index (χ1v) is 8.67. The lowest BCUT2D eigenvalue weighted by atomic mass is 10.2. The van der Waals surface area contributed by atoms with Crippen molar-refractivity contribution < 1.29 is 4.92 Å². The van der Waals surface area contributed by atoms with E-state index in [1.807, 2.05) is 24.3 Å². The lowest BCUT2D eigenvalue weighted by Crippen LogP contribution is -1.89. The largest absolute Gasteiger partial charge is 0.288 e. The number of benzene rings is 2. The predicted octanol–water partition coefficient (Wildman–Crippen LogP) is 5.51. The fraction of sp³-hybridized carbons (Fsp3) is 0. The van der Waals surface area contributed by atoms with Crippen LogP contribution in [-0.4, -0.2) is 9.91 Å². The Kier molecular flexibility index (Phi) is 4.81. The van der Waals surface area contributed by atoms with Crippen molar-refractivity contribution in [2.75, 3.05) is 0 Å². The molecule has 0 amide bonds. The molecule has 0 unspecified atom stereocenters. The first-order chi connectivity index (χ1) is 11.6. The summed E-state index contributed by atoms with van der Waals surface area (Å²) in [7, 11) is 0. The Labute approximate surface area is 150 Å². The van der Waals surface area contributed by atoms with E-state index >= 15 is 0 Å². The molecule has 0 saturated carbocycles. The Hall–Kier alpha value is -2.40. The molecule has 0 aliphatic rings. The van der Waals surface area contributed by atoms with Gasteiger partial charge < -0.3 is 0 Å². The number of nitrogens with zero attached hydrogens (tertiary/aromatic N) is 3. The minimum atomic E-state index is -0.549. The van der Waals surface area contributed by atoms with Crippen LogP contribution < -0.4 is 0 Å². The number of thiazole rings is 1. The number of allylic oxidation sites excluding steroid dienone is 1. The van der Waals surface area contributed by atoms with Gasteiger partial charge in [-0.15, -0.1) is 11.3 Å². The molecule has 0 bridgehead atoms.